The van der Waals surface area contributed by atoms with Gasteiger partial charge in [-0.2, -0.15) is 0 Å². The molecule has 0 atom stereocenters. The van der Waals surface area contributed by atoms with Gasteiger partial charge in [-0.3, -0.25) is 0 Å². The zero-order chi connectivity index (χ0) is 21.8. The Hall–Kier alpha value is -3.61. The second-order valence-electron chi connectivity index (χ2n) is 7.92. The van der Waals surface area contributed by atoms with Crippen LogP contribution in [0.5, 0.6) is 0 Å². The Kier molecular flexibility index (Phi) is 6.02. The molecule has 0 spiro atoms. The molecule has 1 aliphatic heterocycles. The number of benzene rings is 2. The van der Waals surface area contributed by atoms with Crippen LogP contribution < -0.4 is 15.5 Å². The number of hydrogen-bond donors (Lipinski definition) is 2. The molecule has 2 amide bonds. The molecule has 7 nitrogen and oxygen atoms in total. The van der Waals surface area contributed by atoms with Crippen molar-refractivity contribution in [3.8, 4) is 0 Å². The average Bonchev–Trinajstić information content (AvgIpc) is 2.77. The highest BCUT2D eigenvalue weighted by Crippen LogP contribution is 2.21. The number of aryl methyl sites for hydroxylation is 3. The van der Waals surface area contributed by atoms with Gasteiger partial charge in [-0.25, -0.2) is 14.8 Å². The minimum absolute atomic E-state index is 0.0657. The van der Waals surface area contributed by atoms with Gasteiger partial charge in [-0.1, -0.05) is 35.4 Å². The van der Waals surface area contributed by atoms with Crippen molar-refractivity contribution in [2.75, 3.05) is 41.7 Å². The smallest absolute Gasteiger partial charge is 0.321 e. The molecule has 1 aromatic heterocycles. The van der Waals surface area contributed by atoms with E-state index >= 15 is 0 Å². The number of carbonyl (C=O) groups is 1. The van der Waals surface area contributed by atoms with Gasteiger partial charge in [0, 0.05) is 43.6 Å². The van der Waals surface area contributed by atoms with Crippen LogP contribution in [-0.4, -0.2) is 47.1 Å². The van der Waals surface area contributed by atoms with E-state index in [0.717, 1.165) is 36.1 Å². The van der Waals surface area contributed by atoms with E-state index in [9.17, 15) is 4.79 Å². The van der Waals surface area contributed by atoms with E-state index in [1.54, 1.807) is 0 Å². The Morgan fingerprint density at radius 1 is 0.806 bits per heavy atom. The van der Waals surface area contributed by atoms with E-state index in [1.807, 2.05) is 61.2 Å². The third-order valence-electron chi connectivity index (χ3n) is 5.34. The van der Waals surface area contributed by atoms with Gasteiger partial charge >= 0.3 is 6.03 Å². The van der Waals surface area contributed by atoms with Crippen LogP contribution in [0.1, 0.15) is 17.0 Å². The molecule has 0 unspecified atom stereocenters. The Morgan fingerprint density at radius 2 is 1.39 bits per heavy atom. The average molecular weight is 417 g/mol. The highest BCUT2D eigenvalue weighted by Gasteiger charge is 2.22. The molecule has 4 rings (SSSR count). The van der Waals surface area contributed by atoms with Crippen molar-refractivity contribution in [3.63, 3.8) is 0 Å². The van der Waals surface area contributed by atoms with Crippen molar-refractivity contribution >= 4 is 29.0 Å². The summed E-state index contributed by atoms with van der Waals surface area (Å²) in [6.45, 7) is 8.72. The molecular weight excluding hydrogens is 388 g/mol. The summed E-state index contributed by atoms with van der Waals surface area (Å²) in [5.41, 5.74) is 4.20. The van der Waals surface area contributed by atoms with Crippen LogP contribution in [0.4, 0.5) is 27.8 Å². The van der Waals surface area contributed by atoms with E-state index < -0.39 is 0 Å². The molecule has 0 saturated carbocycles. The molecular formula is C24H28N6O. The van der Waals surface area contributed by atoms with Crippen LogP contribution in [0.25, 0.3) is 0 Å². The number of hydrogen-bond acceptors (Lipinski definition) is 5. The normalized spacial score (nSPS) is 13.8. The third-order valence-corrected chi connectivity index (χ3v) is 5.34. The maximum absolute atomic E-state index is 12.6. The molecule has 1 fully saturated rings. The summed E-state index contributed by atoms with van der Waals surface area (Å²) in [6.07, 6.45) is 0. The Labute approximate surface area is 183 Å². The lowest BCUT2D eigenvalue weighted by atomic mass is 10.2. The number of nitrogens with one attached hydrogen (secondary N) is 2. The molecule has 1 saturated heterocycles. The Morgan fingerprint density at radius 3 is 2.00 bits per heavy atom. The first-order valence-corrected chi connectivity index (χ1v) is 10.5. The van der Waals surface area contributed by atoms with Crippen LogP contribution in [0.3, 0.4) is 0 Å². The van der Waals surface area contributed by atoms with E-state index in [-0.39, 0.29) is 6.03 Å². The fraction of sp³-hybridized carbons (Fsp3) is 0.292. The summed E-state index contributed by atoms with van der Waals surface area (Å²) in [5, 5.41) is 6.33. The zero-order valence-corrected chi connectivity index (χ0v) is 18.2. The summed E-state index contributed by atoms with van der Waals surface area (Å²) < 4.78 is 0. The van der Waals surface area contributed by atoms with Crippen LogP contribution in [0, 0.1) is 20.8 Å². The number of anilines is 4. The van der Waals surface area contributed by atoms with Crippen molar-refractivity contribution in [2.24, 2.45) is 0 Å². The van der Waals surface area contributed by atoms with Crippen molar-refractivity contribution in [2.45, 2.75) is 20.8 Å². The number of amides is 2. The number of urea groups is 1. The van der Waals surface area contributed by atoms with Crippen molar-refractivity contribution < 1.29 is 4.79 Å². The molecule has 2 N–H and O–H groups in total. The quantitative estimate of drug-likeness (QED) is 0.655. The van der Waals surface area contributed by atoms with Crippen molar-refractivity contribution in [1.82, 2.24) is 14.9 Å². The largest absolute Gasteiger partial charge is 0.353 e. The zero-order valence-electron chi connectivity index (χ0n) is 18.2. The van der Waals surface area contributed by atoms with Crippen molar-refractivity contribution in [1.29, 1.82) is 0 Å². The lowest BCUT2D eigenvalue weighted by Crippen LogP contribution is -2.50. The Bertz CT molecular complexity index is 1040. The lowest BCUT2D eigenvalue weighted by molar-refractivity contribution is 0.208. The van der Waals surface area contributed by atoms with Crippen LogP contribution in [0.2, 0.25) is 0 Å². The molecule has 160 valence electrons. The predicted molar refractivity (Wildman–Crippen MR) is 125 cm³/mol. The molecule has 7 heteroatoms. The van der Waals surface area contributed by atoms with Gasteiger partial charge in [0.05, 0.1) is 0 Å². The van der Waals surface area contributed by atoms with Crippen LogP contribution in [0.15, 0.2) is 54.6 Å². The van der Waals surface area contributed by atoms with Gasteiger partial charge in [-0.05, 0) is 45.0 Å². The van der Waals surface area contributed by atoms with Gasteiger partial charge in [0.1, 0.15) is 17.5 Å². The van der Waals surface area contributed by atoms with E-state index in [1.165, 1.54) is 11.1 Å². The van der Waals surface area contributed by atoms with Crippen LogP contribution in [-0.2, 0) is 0 Å². The molecule has 0 aliphatic carbocycles. The Balaban J connectivity index is 1.37. The number of carbonyl (C=O) groups excluding carboxylic acids is 1. The second kappa shape index (κ2) is 9.04. The summed E-state index contributed by atoms with van der Waals surface area (Å²) >= 11 is 0. The van der Waals surface area contributed by atoms with E-state index in [0.29, 0.717) is 18.9 Å². The first-order valence-electron chi connectivity index (χ1n) is 10.5. The van der Waals surface area contributed by atoms with E-state index in [4.69, 9.17) is 0 Å². The summed E-state index contributed by atoms with van der Waals surface area (Å²) in [5.74, 6) is 2.36. The summed E-state index contributed by atoms with van der Waals surface area (Å²) in [4.78, 5) is 25.8. The fourth-order valence-electron chi connectivity index (χ4n) is 3.54. The van der Waals surface area contributed by atoms with Gasteiger partial charge in [0.15, 0.2) is 0 Å². The standard InChI is InChI=1S/C24H28N6O/c1-17-4-8-20(9-5-17)27-22-16-23(26-19(3)25-22)29-12-14-30(15-13-29)24(31)28-21-10-6-18(2)7-11-21/h4-11,16H,12-15H2,1-3H3,(H,28,31)(H,25,26,27). The van der Waals surface area contributed by atoms with Gasteiger partial charge in [0.2, 0.25) is 0 Å². The minimum atomic E-state index is -0.0657. The maximum atomic E-state index is 12.6. The monoisotopic (exact) mass is 416 g/mol. The van der Waals surface area contributed by atoms with Crippen LogP contribution >= 0.6 is 0 Å². The molecule has 2 aromatic carbocycles. The molecule has 31 heavy (non-hydrogen) atoms. The predicted octanol–water partition coefficient (Wildman–Crippen LogP) is 4.50. The summed E-state index contributed by atoms with van der Waals surface area (Å²) in [7, 11) is 0. The fourth-order valence-corrected chi connectivity index (χ4v) is 3.54. The maximum Gasteiger partial charge on any atom is 0.321 e. The second-order valence-corrected chi connectivity index (χ2v) is 7.92. The number of aromatic nitrogens is 2. The van der Waals surface area contributed by atoms with Gasteiger partial charge < -0.3 is 20.4 Å². The topological polar surface area (TPSA) is 73.4 Å². The SMILES string of the molecule is Cc1ccc(NC(=O)N2CCN(c3cc(Nc4ccc(C)cc4)nc(C)n3)CC2)cc1. The minimum Gasteiger partial charge on any atom is -0.353 e. The first kappa shape index (κ1) is 20.7. The van der Waals surface area contributed by atoms with Gasteiger partial charge in [0.25, 0.3) is 0 Å². The molecule has 1 aliphatic rings. The molecule has 0 bridgehead atoms. The molecule has 2 heterocycles. The summed E-state index contributed by atoms with van der Waals surface area (Å²) in [6, 6.07) is 18.0. The van der Waals surface area contributed by atoms with E-state index in [2.05, 4.69) is 44.6 Å². The lowest BCUT2D eigenvalue weighted by Gasteiger charge is -2.35. The highest BCUT2D eigenvalue weighted by atomic mass is 16.2. The first-order chi connectivity index (χ1) is 15.0. The van der Waals surface area contributed by atoms with Crippen molar-refractivity contribution in [3.05, 3.63) is 71.5 Å². The third kappa shape index (κ3) is 5.31. The highest BCUT2D eigenvalue weighted by molar-refractivity contribution is 5.89. The number of nitrogens with zero attached hydrogens (tertiary/aromatic N) is 4. The number of piperazine rings is 1. The van der Waals surface area contributed by atoms with Gasteiger partial charge in [-0.15, -0.1) is 0 Å². The molecule has 0 radical (unpaired) electrons. The molecule has 3 aromatic rings. The number of rotatable bonds is 4.